The van der Waals surface area contributed by atoms with E-state index in [0.29, 0.717) is 6.54 Å². The minimum absolute atomic E-state index is 0.379. The molecule has 0 N–H and O–H groups in total. The lowest BCUT2D eigenvalue weighted by molar-refractivity contribution is -0.134. The maximum atomic E-state index is 11.3. The predicted octanol–water partition coefficient (Wildman–Crippen LogP) is 4.23. The minimum Gasteiger partial charge on any atom is -0.466 e. The third kappa shape index (κ3) is 3.34. The van der Waals surface area contributed by atoms with Crippen molar-refractivity contribution in [1.82, 2.24) is 9.55 Å². The summed E-state index contributed by atoms with van der Waals surface area (Å²) in [6, 6.07) is 13.7. The standard InChI is InChI=1S/C19H17ClN2O2/c1-13-21-17-9-7-14(8-10-19(23)24-2)11-18(17)22(13)12-15-5-3-4-6-16(15)20/h3-11H,12H2,1-2H3. The molecule has 0 aliphatic heterocycles. The van der Waals surface area contributed by atoms with Gasteiger partial charge in [0.25, 0.3) is 0 Å². The van der Waals surface area contributed by atoms with Crippen LogP contribution in [0, 0.1) is 6.92 Å². The molecule has 122 valence electrons. The van der Waals surface area contributed by atoms with E-state index >= 15 is 0 Å². The van der Waals surface area contributed by atoms with Gasteiger partial charge in [0, 0.05) is 11.1 Å². The van der Waals surface area contributed by atoms with Crippen LogP contribution < -0.4 is 0 Å². The molecule has 0 aliphatic rings. The number of halogens is 1. The average Bonchev–Trinajstić information content (AvgIpc) is 2.89. The maximum absolute atomic E-state index is 11.3. The molecule has 0 saturated carbocycles. The summed E-state index contributed by atoms with van der Waals surface area (Å²) in [5.41, 5.74) is 3.86. The third-order valence-corrected chi connectivity index (χ3v) is 4.23. The van der Waals surface area contributed by atoms with Crippen LogP contribution in [0.15, 0.2) is 48.5 Å². The van der Waals surface area contributed by atoms with Gasteiger partial charge in [-0.05, 0) is 42.3 Å². The van der Waals surface area contributed by atoms with Crippen molar-refractivity contribution in [3.05, 3.63) is 70.5 Å². The van der Waals surface area contributed by atoms with Crippen LogP contribution in [0.5, 0.6) is 0 Å². The van der Waals surface area contributed by atoms with Crippen LogP contribution in [-0.4, -0.2) is 22.6 Å². The number of methoxy groups -OCH3 is 1. The number of aryl methyl sites for hydroxylation is 1. The molecule has 1 heterocycles. The van der Waals surface area contributed by atoms with E-state index in [1.165, 1.54) is 13.2 Å². The minimum atomic E-state index is -0.379. The summed E-state index contributed by atoms with van der Waals surface area (Å²) in [5.74, 6) is 0.537. The lowest BCUT2D eigenvalue weighted by Gasteiger charge is -2.09. The van der Waals surface area contributed by atoms with Gasteiger partial charge in [-0.15, -0.1) is 0 Å². The number of hydrogen-bond donors (Lipinski definition) is 0. The average molecular weight is 341 g/mol. The molecule has 0 aliphatic carbocycles. The molecule has 0 fully saturated rings. The number of fused-ring (bicyclic) bond motifs is 1. The second-order valence-electron chi connectivity index (χ2n) is 5.44. The van der Waals surface area contributed by atoms with Crippen LogP contribution in [0.2, 0.25) is 5.02 Å². The molecule has 3 aromatic rings. The van der Waals surface area contributed by atoms with Crippen molar-refractivity contribution in [2.75, 3.05) is 7.11 Å². The third-order valence-electron chi connectivity index (χ3n) is 3.86. The number of benzene rings is 2. The van der Waals surface area contributed by atoms with E-state index in [1.54, 1.807) is 6.08 Å². The van der Waals surface area contributed by atoms with Gasteiger partial charge in [-0.1, -0.05) is 35.9 Å². The molecule has 0 amide bonds. The van der Waals surface area contributed by atoms with Crippen LogP contribution in [-0.2, 0) is 16.1 Å². The quantitative estimate of drug-likeness (QED) is 0.527. The van der Waals surface area contributed by atoms with Crippen molar-refractivity contribution in [3.8, 4) is 0 Å². The van der Waals surface area contributed by atoms with Gasteiger partial charge >= 0.3 is 5.97 Å². The Morgan fingerprint density at radius 1 is 1.29 bits per heavy atom. The van der Waals surface area contributed by atoms with Crippen molar-refractivity contribution in [1.29, 1.82) is 0 Å². The van der Waals surface area contributed by atoms with Crippen molar-refractivity contribution < 1.29 is 9.53 Å². The second-order valence-corrected chi connectivity index (χ2v) is 5.85. The van der Waals surface area contributed by atoms with Gasteiger partial charge in [0.15, 0.2) is 0 Å². The molecule has 0 atom stereocenters. The highest BCUT2D eigenvalue weighted by molar-refractivity contribution is 6.31. The molecule has 24 heavy (non-hydrogen) atoms. The van der Waals surface area contributed by atoms with Crippen LogP contribution in [0.4, 0.5) is 0 Å². The molecular formula is C19H17ClN2O2. The van der Waals surface area contributed by atoms with E-state index in [2.05, 4.69) is 14.3 Å². The molecule has 0 unspecified atom stereocenters. The maximum Gasteiger partial charge on any atom is 0.330 e. The Morgan fingerprint density at radius 3 is 2.83 bits per heavy atom. The van der Waals surface area contributed by atoms with Crippen LogP contribution >= 0.6 is 11.6 Å². The topological polar surface area (TPSA) is 44.1 Å². The van der Waals surface area contributed by atoms with Gasteiger partial charge in [0.1, 0.15) is 5.82 Å². The number of imidazole rings is 1. The molecule has 4 nitrogen and oxygen atoms in total. The van der Waals surface area contributed by atoms with Crippen molar-refractivity contribution in [2.45, 2.75) is 13.5 Å². The zero-order chi connectivity index (χ0) is 17.1. The lowest BCUT2D eigenvalue weighted by Crippen LogP contribution is -2.02. The van der Waals surface area contributed by atoms with Gasteiger partial charge in [0.2, 0.25) is 0 Å². The molecule has 5 heteroatoms. The van der Waals surface area contributed by atoms with Crippen molar-refractivity contribution in [2.24, 2.45) is 0 Å². The first-order valence-corrected chi connectivity index (χ1v) is 7.92. The Hall–Kier alpha value is -2.59. The Morgan fingerprint density at radius 2 is 2.08 bits per heavy atom. The normalized spacial score (nSPS) is 11.3. The molecule has 0 radical (unpaired) electrons. The van der Waals surface area contributed by atoms with E-state index < -0.39 is 0 Å². The zero-order valence-electron chi connectivity index (χ0n) is 13.5. The summed E-state index contributed by atoms with van der Waals surface area (Å²) in [6.45, 7) is 2.62. The summed E-state index contributed by atoms with van der Waals surface area (Å²) in [5, 5.41) is 0.737. The van der Waals surface area contributed by atoms with Gasteiger partial charge in [-0.25, -0.2) is 9.78 Å². The summed E-state index contributed by atoms with van der Waals surface area (Å²) in [7, 11) is 1.36. The molecule has 0 saturated heterocycles. The van der Waals surface area contributed by atoms with Gasteiger partial charge in [-0.3, -0.25) is 0 Å². The summed E-state index contributed by atoms with van der Waals surface area (Å²) in [6.07, 6.45) is 3.14. The fraction of sp³-hybridized carbons (Fsp3) is 0.158. The first-order chi connectivity index (χ1) is 11.6. The first-order valence-electron chi connectivity index (χ1n) is 7.55. The smallest absolute Gasteiger partial charge is 0.330 e. The summed E-state index contributed by atoms with van der Waals surface area (Å²) in [4.78, 5) is 15.9. The van der Waals surface area contributed by atoms with E-state index in [1.807, 2.05) is 49.4 Å². The first kappa shape index (κ1) is 16.3. The number of hydrogen-bond acceptors (Lipinski definition) is 3. The monoisotopic (exact) mass is 340 g/mol. The van der Waals surface area contributed by atoms with Gasteiger partial charge in [-0.2, -0.15) is 0 Å². The molecule has 2 aromatic carbocycles. The van der Waals surface area contributed by atoms with Gasteiger partial charge < -0.3 is 9.30 Å². The van der Waals surface area contributed by atoms with Crippen molar-refractivity contribution >= 4 is 34.7 Å². The molecule has 1 aromatic heterocycles. The second kappa shape index (κ2) is 6.89. The summed E-state index contributed by atoms with van der Waals surface area (Å²) >= 11 is 6.28. The van der Waals surface area contributed by atoms with Gasteiger partial charge in [0.05, 0.1) is 24.7 Å². The molecule has 0 bridgehead atoms. The van der Waals surface area contributed by atoms with E-state index in [0.717, 1.165) is 33.0 Å². The zero-order valence-corrected chi connectivity index (χ0v) is 14.2. The number of ether oxygens (including phenoxy) is 1. The number of aromatic nitrogens is 2. The van der Waals surface area contributed by atoms with Crippen LogP contribution in [0.25, 0.3) is 17.1 Å². The largest absolute Gasteiger partial charge is 0.466 e. The van der Waals surface area contributed by atoms with E-state index in [9.17, 15) is 4.79 Å². The van der Waals surface area contributed by atoms with Crippen LogP contribution in [0.3, 0.4) is 0 Å². The Kier molecular flexibility index (Phi) is 4.67. The fourth-order valence-corrected chi connectivity index (χ4v) is 2.79. The van der Waals surface area contributed by atoms with Crippen molar-refractivity contribution in [3.63, 3.8) is 0 Å². The van der Waals surface area contributed by atoms with E-state index in [4.69, 9.17) is 11.6 Å². The fourth-order valence-electron chi connectivity index (χ4n) is 2.59. The Labute approximate surface area is 145 Å². The highest BCUT2D eigenvalue weighted by atomic mass is 35.5. The highest BCUT2D eigenvalue weighted by Gasteiger charge is 2.10. The molecule has 0 spiro atoms. The number of rotatable bonds is 4. The molecular weight excluding hydrogens is 324 g/mol. The van der Waals surface area contributed by atoms with Crippen LogP contribution in [0.1, 0.15) is 17.0 Å². The number of esters is 1. The SMILES string of the molecule is COC(=O)C=Cc1ccc2nc(C)n(Cc3ccccc3Cl)c2c1. The lowest BCUT2D eigenvalue weighted by atomic mass is 10.1. The Balaban J connectivity index is 2.01. The Bertz CT molecular complexity index is 928. The number of carbonyl (C=O) groups excluding carboxylic acids is 1. The summed E-state index contributed by atoms with van der Waals surface area (Å²) < 4.78 is 6.74. The predicted molar refractivity (Wildman–Crippen MR) is 96.1 cm³/mol. The van der Waals surface area contributed by atoms with E-state index in [-0.39, 0.29) is 5.97 Å². The highest BCUT2D eigenvalue weighted by Crippen LogP contribution is 2.23. The number of carbonyl (C=O) groups is 1. The molecule has 3 rings (SSSR count). The number of nitrogens with zero attached hydrogens (tertiary/aromatic N) is 2.